The van der Waals surface area contributed by atoms with Gasteiger partial charge in [-0.1, -0.05) is 6.92 Å². The summed E-state index contributed by atoms with van der Waals surface area (Å²) in [6, 6.07) is 0. The van der Waals surface area contributed by atoms with E-state index in [4.69, 9.17) is 18.9 Å². The lowest BCUT2D eigenvalue weighted by Crippen LogP contribution is -2.54. The summed E-state index contributed by atoms with van der Waals surface area (Å²) in [5.74, 6) is 1.30. The first-order chi connectivity index (χ1) is 10.6. The minimum absolute atomic E-state index is 0.0607. The van der Waals surface area contributed by atoms with Crippen molar-refractivity contribution in [2.45, 2.75) is 20.3 Å². The SMILES string of the molecule is C/C=C(OC)/C(=C/CC)OCC1(CNC(=O)COC)COC1. The molecule has 1 heterocycles. The van der Waals surface area contributed by atoms with E-state index in [2.05, 4.69) is 5.32 Å². The van der Waals surface area contributed by atoms with Gasteiger partial charge in [-0.05, 0) is 25.5 Å². The Bertz CT molecular complexity index is 413. The molecule has 0 aromatic heterocycles. The van der Waals surface area contributed by atoms with Crippen LogP contribution in [0.15, 0.2) is 23.7 Å². The second-order valence-corrected chi connectivity index (χ2v) is 5.32. The van der Waals surface area contributed by atoms with E-state index >= 15 is 0 Å². The Morgan fingerprint density at radius 2 is 2.05 bits per heavy atom. The molecule has 0 saturated carbocycles. The van der Waals surface area contributed by atoms with Crippen LogP contribution in [0.1, 0.15) is 20.3 Å². The summed E-state index contributed by atoms with van der Waals surface area (Å²) < 4.78 is 21.4. The lowest BCUT2D eigenvalue weighted by Gasteiger charge is -2.41. The highest BCUT2D eigenvalue weighted by atomic mass is 16.5. The van der Waals surface area contributed by atoms with Crippen LogP contribution in [0.25, 0.3) is 0 Å². The quantitative estimate of drug-likeness (QED) is 0.490. The topological polar surface area (TPSA) is 66.0 Å². The summed E-state index contributed by atoms with van der Waals surface area (Å²) in [5, 5.41) is 2.85. The molecule has 0 atom stereocenters. The minimum Gasteiger partial charge on any atom is -0.493 e. The molecule has 126 valence electrons. The van der Waals surface area contributed by atoms with Crippen LogP contribution in [-0.2, 0) is 23.7 Å². The lowest BCUT2D eigenvalue weighted by molar-refractivity contribution is -0.145. The first-order valence-electron chi connectivity index (χ1n) is 7.47. The molecule has 6 heteroatoms. The molecule has 1 fully saturated rings. The van der Waals surface area contributed by atoms with Crippen molar-refractivity contribution in [2.75, 3.05) is 47.2 Å². The Morgan fingerprint density at radius 3 is 2.50 bits per heavy atom. The highest BCUT2D eigenvalue weighted by molar-refractivity contribution is 5.77. The largest absolute Gasteiger partial charge is 0.493 e. The molecular formula is C16H27NO5. The van der Waals surface area contributed by atoms with Gasteiger partial charge in [-0.3, -0.25) is 4.79 Å². The van der Waals surface area contributed by atoms with Crippen molar-refractivity contribution in [3.8, 4) is 0 Å². The Kier molecular flexibility index (Phi) is 7.98. The van der Waals surface area contributed by atoms with Crippen LogP contribution in [0.4, 0.5) is 0 Å². The fourth-order valence-electron chi connectivity index (χ4n) is 2.10. The number of rotatable bonds is 10. The molecule has 22 heavy (non-hydrogen) atoms. The van der Waals surface area contributed by atoms with Crippen molar-refractivity contribution in [3.63, 3.8) is 0 Å². The number of carbonyl (C=O) groups is 1. The Morgan fingerprint density at radius 1 is 1.32 bits per heavy atom. The molecule has 1 aliphatic rings. The molecule has 1 saturated heterocycles. The standard InChI is InChI=1S/C16H27NO5/c1-5-7-14(13(6-2)20-4)22-12-16(10-21-11-16)9-17-15(18)8-19-3/h6-7H,5,8-12H2,1-4H3,(H,17,18)/b13-6-,14-7-. The average molecular weight is 313 g/mol. The van der Waals surface area contributed by atoms with Gasteiger partial charge in [-0.2, -0.15) is 0 Å². The van der Waals surface area contributed by atoms with Gasteiger partial charge in [0.15, 0.2) is 11.5 Å². The molecule has 0 aliphatic carbocycles. The van der Waals surface area contributed by atoms with E-state index in [-0.39, 0.29) is 17.9 Å². The second kappa shape index (κ2) is 9.48. The highest BCUT2D eigenvalue weighted by Gasteiger charge is 2.40. The van der Waals surface area contributed by atoms with Crippen molar-refractivity contribution < 1.29 is 23.7 Å². The maximum Gasteiger partial charge on any atom is 0.246 e. The van der Waals surface area contributed by atoms with E-state index < -0.39 is 0 Å². The summed E-state index contributed by atoms with van der Waals surface area (Å²) in [6.07, 6.45) is 4.70. The number of nitrogens with one attached hydrogen (secondary N) is 1. The van der Waals surface area contributed by atoms with Crippen LogP contribution < -0.4 is 5.32 Å². The number of hydrogen-bond donors (Lipinski definition) is 1. The van der Waals surface area contributed by atoms with Gasteiger partial charge in [-0.25, -0.2) is 0 Å². The monoisotopic (exact) mass is 313 g/mol. The van der Waals surface area contributed by atoms with Crippen molar-refractivity contribution >= 4 is 5.91 Å². The molecule has 1 N–H and O–H groups in total. The molecule has 0 aromatic rings. The van der Waals surface area contributed by atoms with Gasteiger partial charge in [0.05, 0.1) is 25.7 Å². The molecule has 6 nitrogen and oxygen atoms in total. The van der Waals surface area contributed by atoms with E-state index in [1.54, 1.807) is 7.11 Å². The van der Waals surface area contributed by atoms with E-state index in [0.29, 0.717) is 32.1 Å². The normalized spacial score (nSPS) is 17.6. The fraction of sp³-hybridized carbons (Fsp3) is 0.688. The van der Waals surface area contributed by atoms with E-state index in [0.717, 1.165) is 12.2 Å². The molecule has 1 rings (SSSR count). The smallest absolute Gasteiger partial charge is 0.246 e. The van der Waals surface area contributed by atoms with Gasteiger partial charge in [0.2, 0.25) is 5.91 Å². The number of ether oxygens (including phenoxy) is 4. The summed E-state index contributed by atoms with van der Waals surface area (Å²) in [5.41, 5.74) is -0.192. The maximum atomic E-state index is 11.5. The summed E-state index contributed by atoms with van der Waals surface area (Å²) >= 11 is 0. The van der Waals surface area contributed by atoms with Gasteiger partial charge in [0, 0.05) is 13.7 Å². The molecule has 1 aliphatic heterocycles. The third-order valence-corrected chi connectivity index (χ3v) is 3.40. The van der Waals surface area contributed by atoms with E-state index in [1.807, 2.05) is 26.0 Å². The van der Waals surface area contributed by atoms with Crippen LogP contribution in [0.2, 0.25) is 0 Å². The summed E-state index contributed by atoms with van der Waals surface area (Å²) in [4.78, 5) is 11.5. The molecule has 1 amide bonds. The maximum absolute atomic E-state index is 11.5. The fourth-order valence-corrected chi connectivity index (χ4v) is 2.10. The minimum atomic E-state index is -0.192. The van der Waals surface area contributed by atoms with Gasteiger partial charge in [0.1, 0.15) is 13.2 Å². The predicted octanol–water partition coefficient (Wildman–Crippen LogP) is 1.63. The van der Waals surface area contributed by atoms with Crippen LogP contribution in [0, 0.1) is 5.41 Å². The van der Waals surface area contributed by atoms with Gasteiger partial charge >= 0.3 is 0 Å². The number of amides is 1. The first kappa shape index (κ1) is 18.5. The Balaban J connectivity index is 2.57. The molecule has 0 unspecified atom stereocenters. The Labute approximate surface area is 132 Å². The number of allylic oxidation sites excluding steroid dienone is 2. The van der Waals surface area contributed by atoms with Crippen LogP contribution in [-0.4, -0.2) is 53.1 Å². The lowest BCUT2D eigenvalue weighted by atomic mass is 9.87. The zero-order chi connectivity index (χ0) is 16.4. The zero-order valence-electron chi connectivity index (χ0n) is 13.9. The molecule has 0 bridgehead atoms. The van der Waals surface area contributed by atoms with Crippen molar-refractivity contribution in [1.29, 1.82) is 0 Å². The summed E-state index contributed by atoms with van der Waals surface area (Å²) in [6.45, 7) is 6.11. The van der Waals surface area contributed by atoms with Gasteiger partial charge in [0.25, 0.3) is 0 Å². The number of carbonyl (C=O) groups excluding carboxylic acids is 1. The van der Waals surface area contributed by atoms with Crippen LogP contribution in [0.5, 0.6) is 0 Å². The van der Waals surface area contributed by atoms with Crippen molar-refractivity contribution in [1.82, 2.24) is 5.32 Å². The zero-order valence-corrected chi connectivity index (χ0v) is 13.9. The van der Waals surface area contributed by atoms with Crippen molar-refractivity contribution in [2.24, 2.45) is 5.41 Å². The summed E-state index contributed by atoms with van der Waals surface area (Å²) in [7, 11) is 3.12. The molecule has 0 radical (unpaired) electrons. The van der Waals surface area contributed by atoms with E-state index in [9.17, 15) is 4.79 Å². The highest BCUT2D eigenvalue weighted by Crippen LogP contribution is 2.29. The number of methoxy groups -OCH3 is 2. The predicted molar refractivity (Wildman–Crippen MR) is 83.2 cm³/mol. The van der Waals surface area contributed by atoms with Gasteiger partial charge in [-0.15, -0.1) is 0 Å². The number of hydrogen-bond acceptors (Lipinski definition) is 5. The molecular weight excluding hydrogens is 286 g/mol. The van der Waals surface area contributed by atoms with Crippen LogP contribution >= 0.6 is 0 Å². The average Bonchev–Trinajstić information content (AvgIpc) is 2.47. The third kappa shape index (κ3) is 5.35. The Hall–Kier alpha value is -1.53. The van der Waals surface area contributed by atoms with Crippen LogP contribution in [0.3, 0.4) is 0 Å². The van der Waals surface area contributed by atoms with E-state index in [1.165, 1.54) is 7.11 Å². The van der Waals surface area contributed by atoms with Gasteiger partial charge < -0.3 is 24.3 Å². The first-order valence-corrected chi connectivity index (χ1v) is 7.47. The molecule has 0 aromatic carbocycles. The molecule has 0 spiro atoms. The third-order valence-electron chi connectivity index (χ3n) is 3.40. The second-order valence-electron chi connectivity index (χ2n) is 5.32. The van der Waals surface area contributed by atoms with Crippen molar-refractivity contribution in [3.05, 3.63) is 23.7 Å².